The van der Waals surface area contributed by atoms with Crippen LogP contribution in [0.3, 0.4) is 0 Å². The molecule has 3 heteroatoms. The first-order valence-corrected chi connectivity index (χ1v) is 11.9. The summed E-state index contributed by atoms with van der Waals surface area (Å²) >= 11 is 0. The molecule has 4 rings (SSSR count). The number of rotatable bonds is 5. The highest BCUT2D eigenvalue weighted by molar-refractivity contribution is 5.68. The predicted octanol–water partition coefficient (Wildman–Crippen LogP) is 6.80. The van der Waals surface area contributed by atoms with Crippen LogP contribution in [0.1, 0.15) is 71.8 Å². The molecule has 1 saturated heterocycles. The average Bonchev–Trinajstić information content (AvgIpc) is 3.21. The van der Waals surface area contributed by atoms with Crippen molar-refractivity contribution in [3.8, 4) is 11.3 Å². The molecular formula is C27H40N2O. The van der Waals surface area contributed by atoms with Gasteiger partial charge in [0.25, 0.3) is 0 Å². The molecule has 0 N–H and O–H groups in total. The van der Waals surface area contributed by atoms with Crippen molar-refractivity contribution in [3.63, 3.8) is 0 Å². The number of benzene rings is 1. The number of nitrogens with zero attached hydrogens (tertiary/aromatic N) is 2. The van der Waals surface area contributed by atoms with Crippen molar-refractivity contribution in [2.45, 2.75) is 66.2 Å². The van der Waals surface area contributed by atoms with Gasteiger partial charge in [0.2, 0.25) is 0 Å². The Morgan fingerprint density at radius 2 is 1.67 bits per heavy atom. The van der Waals surface area contributed by atoms with Crippen molar-refractivity contribution < 1.29 is 4.42 Å². The maximum Gasteiger partial charge on any atom is 0.133 e. The van der Waals surface area contributed by atoms with Gasteiger partial charge in [-0.05, 0) is 72.7 Å². The Morgan fingerprint density at radius 1 is 0.967 bits per heavy atom. The third kappa shape index (κ3) is 4.77. The minimum absolute atomic E-state index is 0.392. The Bertz CT molecular complexity index is 813. The Balaban J connectivity index is 1.68. The molecule has 0 atom stereocenters. The summed E-state index contributed by atoms with van der Waals surface area (Å²) in [6, 6.07) is 11.1. The van der Waals surface area contributed by atoms with Gasteiger partial charge in [0, 0.05) is 37.4 Å². The second-order valence-corrected chi connectivity index (χ2v) is 11.2. The van der Waals surface area contributed by atoms with Crippen LogP contribution >= 0.6 is 0 Å². The molecule has 164 valence electrons. The van der Waals surface area contributed by atoms with E-state index >= 15 is 0 Å². The molecular weight excluding hydrogens is 368 g/mol. The SMILES string of the molecule is CCCN1CCN(c2cc(-c3ccco3)ccc2C2CC(C)(C)CC(C)(C)C2)CC1. The number of hydrogen-bond acceptors (Lipinski definition) is 3. The van der Waals surface area contributed by atoms with Crippen LogP contribution in [0, 0.1) is 10.8 Å². The summed E-state index contributed by atoms with van der Waals surface area (Å²) < 4.78 is 5.74. The normalized spacial score (nSPS) is 22.4. The zero-order valence-corrected chi connectivity index (χ0v) is 19.7. The van der Waals surface area contributed by atoms with E-state index in [0.717, 1.165) is 18.8 Å². The fourth-order valence-electron chi connectivity index (χ4n) is 6.35. The van der Waals surface area contributed by atoms with Gasteiger partial charge in [0.05, 0.1) is 6.26 Å². The summed E-state index contributed by atoms with van der Waals surface area (Å²) in [4.78, 5) is 5.25. The molecule has 3 nitrogen and oxygen atoms in total. The first kappa shape index (κ1) is 21.5. The summed E-state index contributed by atoms with van der Waals surface area (Å²) in [6.07, 6.45) is 6.88. The molecule has 0 amide bonds. The van der Waals surface area contributed by atoms with Gasteiger partial charge in [-0.15, -0.1) is 0 Å². The molecule has 30 heavy (non-hydrogen) atoms. The van der Waals surface area contributed by atoms with Crippen molar-refractivity contribution in [1.82, 2.24) is 4.90 Å². The first-order valence-electron chi connectivity index (χ1n) is 11.9. The zero-order valence-electron chi connectivity index (χ0n) is 19.7. The van der Waals surface area contributed by atoms with Gasteiger partial charge in [-0.3, -0.25) is 4.90 Å². The van der Waals surface area contributed by atoms with E-state index in [9.17, 15) is 0 Å². The molecule has 1 aromatic heterocycles. The lowest BCUT2D eigenvalue weighted by atomic mass is 9.60. The van der Waals surface area contributed by atoms with Gasteiger partial charge in [-0.1, -0.05) is 46.8 Å². The first-order chi connectivity index (χ1) is 14.3. The lowest BCUT2D eigenvalue weighted by Crippen LogP contribution is -2.47. The van der Waals surface area contributed by atoms with Gasteiger partial charge in [-0.2, -0.15) is 0 Å². The summed E-state index contributed by atoms with van der Waals surface area (Å²) in [7, 11) is 0. The summed E-state index contributed by atoms with van der Waals surface area (Å²) in [6.45, 7) is 17.9. The quantitative estimate of drug-likeness (QED) is 0.542. The van der Waals surface area contributed by atoms with Crippen LogP contribution in [0.25, 0.3) is 11.3 Å². The molecule has 0 bridgehead atoms. The van der Waals surface area contributed by atoms with E-state index in [4.69, 9.17) is 4.42 Å². The fourth-order valence-corrected chi connectivity index (χ4v) is 6.35. The lowest BCUT2D eigenvalue weighted by Gasteiger charge is -2.46. The Hall–Kier alpha value is -1.74. The molecule has 0 spiro atoms. The maximum atomic E-state index is 5.74. The van der Waals surface area contributed by atoms with E-state index in [0.29, 0.717) is 16.7 Å². The molecule has 1 aliphatic carbocycles. The van der Waals surface area contributed by atoms with Crippen LogP contribution in [0.15, 0.2) is 41.0 Å². The lowest BCUT2D eigenvalue weighted by molar-refractivity contribution is 0.0970. The minimum Gasteiger partial charge on any atom is -0.464 e. The van der Waals surface area contributed by atoms with E-state index in [1.807, 2.05) is 6.07 Å². The van der Waals surface area contributed by atoms with Gasteiger partial charge in [0.1, 0.15) is 5.76 Å². The minimum atomic E-state index is 0.392. The molecule has 1 aliphatic heterocycles. The molecule has 2 aromatic rings. The zero-order chi connectivity index (χ0) is 21.4. The molecule has 2 heterocycles. The third-order valence-electron chi connectivity index (χ3n) is 7.08. The van der Waals surface area contributed by atoms with Crippen molar-refractivity contribution in [2.24, 2.45) is 10.8 Å². The molecule has 2 aliphatic rings. The molecule has 2 fully saturated rings. The van der Waals surface area contributed by atoms with Crippen molar-refractivity contribution >= 4 is 5.69 Å². The van der Waals surface area contributed by atoms with Gasteiger partial charge in [-0.25, -0.2) is 0 Å². The van der Waals surface area contributed by atoms with Gasteiger partial charge in [0.15, 0.2) is 0 Å². The topological polar surface area (TPSA) is 19.6 Å². The van der Waals surface area contributed by atoms with E-state index in [-0.39, 0.29) is 0 Å². The second-order valence-electron chi connectivity index (χ2n) is 11.2. The van der Waals surface area contributed by atoms with Crippen molar-refractivity contribution in [2.75, 3.05) is 37.6 Å². The smallest absolute Gasteiger partial charge is 0.133 e. The average molecular weight is 409 g/mol. The van der Waals surface area contributed by atoms with E-state index in [1.165, 1.54) is 56.6 Å². The van der Waals surface area contributed by atoms with Crippen molar-refractivity contribution in [1.29, 1.82) is 0 Å². The number of piperazine rings is 1. The number of furan rings is 1. The van der Waals surface area contributed by atoms with Crippen LogP contribution in [0.2, 0.25) is 0 Å². The van der Waals surface area contributed by atoms with Crippen LogP contribution < -0.4 is 4.90 Å². The monoisotopic (exact) mass is 408 g/mol. The summed E-state index contributed by atoms with van der Waals surface area (Å²) in [5, 5.41) is 0. The molecule has 1 saturated carbocycles. The van der Waals surface area contributed by atoms with Crippen molar-refractivity contribution in [3.05, 3.63) is 42.2 Å². The Kier molecular flexibility index (Phi) is 6.03. The summed E-state index contributed by atoms with van der Waals surface area (Å²) in [5.41, 5.74) is 4.98. The Labute approximate surface area is 183 Å². The number of anilines is 1. The van der Waals surface area contributed by atoms with Crippen LogP contribution in [0.5, 0.6) is 0 Å². The molecule has 0 unspecified atom stereocenters. The van der Waals surface area contributed by atoms with Gasteiger partial charge < -0.3 is 9.32 Å². The predicted molar refractivity (Wildman–Crippen MR) is 127 cm³/mol. The highest BCUT2D eigenvalue weighted by Gasteiger charge is 2.40. The largest absolute Gasteiger partial charge is 0.464 e. The summed E-state index contributed by atoms with van der Waals surface area (Å²) in [5.74, 6) is 1.59. The van der Waals surface area contributed by atoms with E-state index < -0.39 is 0 Å². The molecule has 0 radical (unpaired) electrons. The van der Waals surface area contributed by atoms with Crippen LogP contribution in [-0.4, -0.2) is 37.6 Å². The fraction of sp³-hybridized carbons (Fsp3) is 0.630. The maximum absolute atomic E-state index is 5.74. The van der Waals surface area contributed by atoms with E-state index in [1.54, 1.807) is 11.8 Å². The van der Waals surface area contributed by atoms with Crippen LogP contribution in [0.4, 0.5) is 5.69 Å². The molecule has 1 aromatic carbocycles. The number of hydrogen-bond donors (Lipinski definition) is 0. The Morgan fingerprint density at radius 3 is 2.27 bits per heavy atom. The standard InChI is InChI=1S/C27H40N2O/c1-6-11-28-12-14-29(15-13-28)24-17-21(25-8-7-16-30-25)9-10-23(24)22-18-26(2,3)20-27(4,5)19-22/h7-10,16-17,22H,6,11-15,18-20H2,1-5H3. The highest BCUT2D eigenvalue weighted by Crippen LogP contribution is 2.53. The second kappa shape index (κ2) is 8.42. The van der Waals surface area contributed by atoms with Crippen LogP contribution in [-0.2, 0) is 0 Å². The van der Waals surface area contributed by atoms with Gasteiger partial charge >= 0.3 is 0 Å². The third-order valence-corrected chi connectivity index (χ3v) is 7.08. The highest BCUT2D eigenvalue weighted by atomic mass is 16.3. The van der Waals surface area contributed by atoms with E-state index in [2.05, 4.69) is 68.7 Å².